The van der Waals surface area contributed by atoms with E-state index in [4.69, 9.17) is 0 Å². The molecule has 3 fully saturated rings. The van der Waals surface area contributed by atoms with Gasteiger partial charge in [-0.25, -0.2) is 0 Å². The second-order valence-corrected chi connectivity index (χ2v) is 10.4. The summed E-state index contributed by atoms with van der Waals surface area (Å²) < 4.78 is 0. The third-order valence-electron chi connectivity index (χ3n) is 9.38. The van der Waals surface area contributed by atoms with Crippen LogP contribution in [0.1, 0.15) is 66.7 Å². The molecule has 4 aliphatic rings. The molecule has 26 heavy (non-hydrogen) atoms. The van der Waals surface area contributed by atoms with Crippen molar-refractivity contribution in [1.29, 1.82) is 0 Å². The van der Waals surface area contributed by atoms with Crippen molar-refractivity contribution in [2.45, 2.75) is 72.8 Å². The summed E-state index contributed by atoms with van der Waals surface area (Å²) in [6, 6.07) is 0. The Morgan fingerprint density at radius 2 is 1.58 bits per heavy atom. The van der Waals surface area contributed by atoms with Gasteiger partial charge in [0.15, 0.2) is 0 Å². The number of Topliss-reactive ketones (excluding diaryl/α,β-unsaturated/α-hetero) is 3. The maximum atomic E-state index is 12.9. The maximum Gasteiger partial charge on any atom is 0.269 e. The van der Waals surface area contributed by atoms with Crippen LogP contribution in [0, 0.1) is 33.5 Å². The lowest BCUT2D eigenvalue weighted by atomic mass is 9.37. The minimum absolute atomic E-state index is 0.00423. The van der Waals surface area contributed by atoms with E-state index in [-0.39, 0.29) is 28.3 Å². The standard InChI is InChI=1S/C22H30O4/c1-19(2)13-8-11-21(4)14(20(13,3)10-9-15(19)23)7-6-12-16(24)17(25)18(26)22(12,21)5/h6,13-15,23H,7-11H2,1-5H3/t13-,14+,15-,20-,21+,22-/m0/s1. The Morgan fingerprint density at radius 3 is 2.23 bits per heavy atom. The molecule has 3 saturated carbocycles. The fourth-order valence-electron chi connectivity index (χ4n) is 7.57. The largest absolute Gasteiger partial charge is 0.393 e. The first kappa shape index (κ1) is 18.1. The van der Waals surface area contributed by atoms with E-state index in [1.165, 1.54) is 0 Å². The van der Waals surface area contributed by atoms with Gasteiger partial charge in [0.1, 0.15) is 0 Å². The van der Waals surface area contributed by atoms with Gasteiger partial charge in [-0.2, -0.15) is 0 Å². The van der Waals surface area contributed by atoms with Gasteiger partial charge in [0.25, 0.3) is 5.78 Å². The molecular weight excluding hydrogens is 328 g/mol. The number of hydrogen-bond donors (Lipinski definition) is 1. The molecule has 4 heteroatoms. The predicted octanol–water partition coefficient (Wildman–Crippen LogP) is 3.26. The van der Waals surface area contributed by atoms with Crippen molar-refractivity contribution in [3.8, 4) is 0 Å². The molecule has 142 valence electrons. The van der Waals surface area contributed by atoms with Crippen molar-refractivity contribution in [2.24, 2.45) is 33.5 Å². The number of carbonyl (C=O) groups is 3. The summed E-state index contributed by atoms with van der Waals surface area (Å²) in [4.78, 5) is 37.6. The monoisotopic (exact) mass is 358 g/mol. The quantitative estimate of drug-likeness (QED) is 0.675. The smallest absolute Gasteiger partial charge is 0.269 e. The van der Waals surface area contributed by atoms with E-state index in [9.17, 15) is 19.5 Å². The minimum atomic E-state index is -0.988. The molecule has 0 amide bonds. The molecule has 0 bridgehead atoms. The Balaban J connectivity index is 1.86. The summed E-state index contributed by atoms with van der Waals surface area (Å²) in [5, 5.41) is 10.6. The molecule has 0 aliphatic heterocycles. The zero-order valence-electron chi connectivity index (χ0n) is 16.5. The average Bonchev–Trinajstić information content (AvgIpc) is 2.74. The number of hydrogen-bond acceptors (Lipinski definition) is 4. The second-order valence-electron chi connectivity index (χ2n) is 10.4. The highest BCUT2D eigenvalue weighted by atomic mass is 16.3. The van der Waals surface area contributed by atoms with Crippen LogP contribution in [0.15, 0.2) is 11.6 Å². The molecule has 0 spiro atoms. The van der Waals surface area contributed by atoms with Gasteiger partial charge in [-0.05, 0) is 67.1 Å². The Kier molecular flexibility index (Phi) is 3.44. The molecule has 0 aromatic heterocycles. The zero-order valence-corrected chi connectivity index (χ0v) is 16.5. The van der Waals surface area contributed by atoms with Crippen molar-refractivity contribution in [2.75, 3.05) is 0 Å². The molecule has 1 N–H and O–H groups in total. The fraction of sp³-hybridized carbons (Fsp3) is 0.773. The maximum absolute atomic E-state index is 12.9. The average molecular weight is 358 g/mol. The van der Waals surface area contributed by atoms with Crippen molar-refractivity contribution in [1.82, 2.24) is 0 Å². The van der Waals surface area contributed by atoms with Crippen LogP contribution >= 0.6 is 0 Å². The van der Waals surface area contributed by atoms with E-state index in [1.54, 1.807) is 0 Å². The first-order valence-corrected chi connectivity index (χ1v) is 9.94. The second kappa shape index (κ2) is 4.95. The number of allylic oxidation sites excluding steroid dienone is 2. The molecule has 0 radical (unpaired) electrons. The Morgan fingerprint density at radius 1 is 0.923 bits per heavy atom. The molecular formula is C22H30O4. The van der Waals surface area contributed by atoms with Crippen LogP contribution in [0.2, 0.25) is 0 Å². The van der Waals surface area contributed by atoms with E-state index in [2.05, 4.69) is 27.7 Å². The van der Waals surface area contributed by atoms with E-state index < -0.39 is 22.8 Å². The van der Waals surface area contributed by atoms with Crippen LogP contribution in [0.3, 0.4) is 0 Å². The summed E-state index contributed by atoms with van der Waals surface area (Å²) in [7, 11) is 0. The Labute approximate surface area is 155 Å². The van der Waals surface area contributed by atoms with E-state index >= 15 is 0 Å². The van der Waals surface area contributed by atoms with E-state index in [1.807, 2.05) is 13.0 Å². The van der Waals surface area contributed by atoms with Gasteiger partial charge in [0.05, 0.1) is 11.5 Å². The molecule has 0 unspecified atom stereocenters. The highest BCUT2D eigenvalue weighted by Gasteiger charge is 2.71. The number of carbonyl (C=O) groups excluding carboxylic acids is 3. The van der Waals surface area contributed by atoms with Gasteiger partial charge in [-0.3, -0.25) is 14.4 Å². The minimum Gasteiger partial charge on any atom is -0.393 e. The Hall–Kier alpha value is -1.29. The fourth-order valence-corrected chi connectivity index (χ4v) is 7.57. The number of aliphatic hydroxyl groups is 1. The molecule has 0 saturated heterocycles. The summed E-state index contributed by atoms with van der Waals surface area (Å²) in [6.45, 7) is 10.6. The molecule has 4 aliphatic carbocycles. The third kappa shape index (κ3) is 1.73. The number of aliphatic hydroxyl groups excluding tert-OH is 1. The van der Waals surface area contributed by atoms with Crippen LogP contribution in [-0.4, -0.2) is 28.6 Å². The van der Waals surface area contributed by atoms with Crippen molar-refractivity contribution >= 4 is 17.3 Å². The summed E-state index contributed by atoms with van der Waals surface area (Å²) in [5.74, 6) is -1.30. The van der Waals surface area contributed by atoms with Gasteiger partial charge in [0.2, 0.25) is 11.6 Å². The van der Waals surface area contributed by atoms with Crippen LogP contribution in [0.5, 0.6) is 0 Å². The van der Waals surface area contributed by atoms with Crippen LogP contribution < -0.4 is 0 Å². The predicted molar refractivity (Wildman–Crippen MR) is 97.3 cm³/mol. The van der Waals surface area contributed by atoms with Gasteiger partial charge in [-0.15, -0.1) is 0 Å². The van der Waals surface area contributed by atoms with Crippen molar-refractivity contribution in [3.63, 3.8) is 0 Å². The first-order chi connectivity index (χ1) is 11.9. The molecule has 4 rings (SSSR count). The highest BCUT2D eigenvalue weighted by molar-refractivity contribution is 6.73. The van der Waals surface area contributed by atoms with Gasteiger partial charge >= 0.3 is 0 Å². The van der Waals surface area contributed by atoms with Crippen molar-refractivity contribution in [3.05, 3.63) is 11.6 Å². The SMILES string of the molecule is CC1(C)[C@@H](O)CC[C@]2(C)[C@H]3CC=C4C(=O)C(=O)C(=O)[C@@]4(C)[C@]3(C)CC[C@@H]12. The molecule has 6 atom stereocenters. The van der Waals surface area contributed by atoms with Crippen molar-refractivity contribution < 1.29 is 19.5 Å². The highest BCUT2D eigenvalue weighted by Crippen LogP contribution is 2.71. The normalized spacial score (nSPS) is 50.0. The topological polar surface area (TPSA) is 71.4 Å². The lowest BCUT2D eigenvalue weighted by molar-refractivity contribution is -0.193. The molecule has 0 aromatic rings. The number of fused-ring (bicyclic) bond motifs is 5. The lowest BCUT2D eigenvalue weighted by Gasteiger charge is -2.67. The first-order valence-electron chi connectivity index (χ1n) is 9.94. The Bertz CT molecular complexity index is 762. The van der Waals surface area contributed by atoms with Crippen LogP contribution in [0.25, 0.3) is 0 Å². The molecule has 0 aromatic carbocycles. The number of rotatable bonds is 0. The van der Waals surface area contributed by atoms with E-state index in [0.29, 0.717) is 11.5 Å². The van der Waals surface area contributed by atoms with Gasteiger partial charge in [-0.1, -0.05) is 33.8 Å². The summed E-state index contributed by atoms with van der Waals surface area (Å²) in [5.41, 5.74) is -1.10. The summed E-state index contributed by atoms with van der Waals surface area (Å²) in [6.07, 6.45) is 5.77. The third-order valence-corrected chi connectivity index (χ3v) is 9.38. The van der Waals surface area contributed by atoms with Gasteiger partial charge < -0.3 is 5.11 Å². The van der Waals surface area contributed by atoms with E-state index in [0.717, 1.165) is 32.1 Å². The molecule has 4 nitrogen and oxygen atoms in total. The van der Waals surface area contributed by atoms with Crippen LogP contribution in [-0.2, 0) is 14.4 Å². The van der Waals surface area contributed by atoms with Gasteiger partial charge in [0, 0.05) is 5.57 Å². The lowest BCUT2D eigenvalue weighted by Crippen LogP contribution is -2.63. The summed E-state index contributed by atoms with van der Waals surface area (Å²) >= 11 is 0. The van der Waals surface area contributed by atoms with Crippen LogP contribution in [0.4, 0.5) is 0 Å². The molecule has 0 heterocycles. The number of ketones is 3. The zero-order chi connectivity index (χ0) is 19.3.